The first-order valence-corrected chi connectivity index (χ1v) is 4.97. The first-order valence-electron chi connectivity index (χ1n) is 4.97. The van der Waals surface area contributed by atoms with Gasteiger partial charge in [-0.05, 0) is 26.1 Å². The van der Waals surface area contributed by atoms with E-state index in [0.717, 1.165) is 5.69 Å². The van der Waals surface area contributed by atoms with Gasteiger partial charge in [-0.25, -0.2) is 0 Å². The van der Waals surface area contributed by atoms with Crippen molar-refractivity contribution in [2.24, 2.45) is 0 Å². The molecule has 1 rings (SSSR count). The van der Waals surface area contributed by atoms with Crippen molar-refractivity contribution in [1.82, 2.24) is 9.88 Å². The second-order valence-electron chi connectivity index (χ2n) is 3.43. The third kappa shape index (κ3) is 3.86. The molecule has 1 atom stereocenters. The summed E-state index contributed by atoms with van der Waals surface area (Å²) in [7, 11) is 1.80. The Labute approximate surface area is 92.2 Å². The summed E-state index contributed by atoms with van der Waals surface area (Å²) in [5.74, 6) is 0. The normalized spacial score (nSPS) is 14.1. The molecule has 0 aliphatic carbocycles. The van der Waals surface area contributed by atoms with E-state index in [1.165, 1.54) is 0 Å². The minimum Gasteiger partial charge on any atom is -0.348 e. The fourth-order valence-electron chi connectivity index (χ4n) is 1.43. The Hall–Kier alpha value is -1.01. The molecule has 0 aromatic carbocycles. The van der Waals surface area contributed by atoms with Crippen molar-refractivity contribution in [1.29, 1.82) is 0 Å². The van der Waals surface area contributed by atoms with Gasteiger partial charge in [-0.2, -0.15) is 0 Å². The average molecular weight is 236 g/mol. The Morgan fingerprint density at radius 1 is 1.50 bits per heavy atom. The molecule has 0 aliphatic heterocycles. The first kappa shape index (κ1) is 13.1. The van der Waals surface area contributed by atoms with Gasteiger partial charge in [-0.15, -0.1) is 13.2 Å². The highest BCUT2D eigenvalue weighted by Crippen LogP contribution is 2.17. The van der Waals surface area contributed by atoms with Gasteiger partial charge >= 0.3 is 6.36 Å². The number of aromatic nitrogens is 1. The lowest BCUT2D eigenvalue weighted by Gasteiger charge is -2.15. The molecule has 0 saturated carbocycles. The molecule has 16 heavy (non-hydrogen) atoms. The minimum absolute atomic E-state index is 0.0980. The van der Waals surface area contributed by atoms with Gasteiger partial charge in [-0.3, -0.25) is 4.74 Å². The lowest BCUT2D eigenvalue weighted by molar-refractivity contribution is -0.325. The molecule has 3 nitrogen and oxygen atoms in total. The van der Waals surface area contributed by atoms with Crippen LogP contribution in [0.15, 0.2) is 18.3 Å². The molecule has 0 aliphatic rings. The maximum Gasteiger partial charge on any atom is 0.522 e. The summed E-state index contributed by atoms with van der Waals surface area (Å²) in [5.41, 5.74) is 0.938. The zero-order valence-corrected chi connectivity index (χ0v) is 9.21. The van der Waals surface area contributed by atoms with Gasteiger partial charge in [0.1, 0.15) is 0 Å². The summed E-state index contributed by atoms with van der Waals surface area (Å²) in [5, 5.41) is 3.03. The molecule has 1 aromatic heterocycles. The van der Waals surface area contributed by atoms with Crippen LogP contribution in [-0.2, 0) is 11.3 Å². The van der Waals surface area contributed by atoms with Gasteiger partial charge in [0.2, 0.25) is 0 Å². The largest absolute Gasteiger partial charge is 0.522 e. The molecular weight excluding hydrogens is 221 g/mol. The van der Waals surface area contributed by atoms with E-state index in [4.69, 9.17) is 0 Å². The molecule has 1 N–H and O–H groups in total. The molecule has 0 spiro atoms. The van der Waals surface area contributed by atoms with E-state index >= 15 is 0 Å². The Morgan fingerprint density at radius 2 is 2.19 bits per heavy atom. The van der Waals surface area contributed by atoms with Gasteiger partial charge in [0.05, 0.1) is 6.61 Å². The highest BCUT2D eigenvalue weighted by Gasteiger charge is 2.28. The Bertz CT molecular complexity index is 322. The van der Waals surface area contributed by atoms with E-state index in [2.05, 4.69) is 10.1 Å². The monoisotopic (exact) mass is 236 g/mol. The van der Waals surface area contributed by atoms with Gasteiger partial charge in [0.15, 0.2) is 0 Å². The van der Waals surface area contributed by atoms with E-state index < -0.39 is 6.36 Å². The highest BCUT2D eigenvalue weighted by molar-refractivity contribution is 5.11. The lowest BCUT2D eigenvalue weighted by atomic mass is 10.2. The number of alkyl halides is 3. The Balaban J connectivity index is 2.51. The molecule has 1 heterocycles. The number of rotatable bonds is 5. The van der Waals surface area contributed by atoms with Crippen LogP contribution in [0.5, 0.6) is 0 Å². The standard InChI is InChI=1S/C10H15F3N2O/c1-8(14-2)9-4-3-5-15(9)6-7-16-10(11,12)13/h3-5,8,14H,6-7H2,1-2H3. The van der Waals surface area contributed by atoms with E-state index in [9.17, 15) is 13.2 Å². The van der Waals surface area contributed by atoms with Crippen molar-refractivity contribution in [2.75, 3.05) is 13.7 Å². The highest BCUT2D eigenvalue weighted by atomic mass is 19.4. The van der Waals surface area contributed by atoms with E-state index in [0.29, 0.717) is 0 Å². The summed E-state index contributed by atoms with van der Waals surface area (Å²) in [6.07, 6.45) is -2.81. The van der Waals surface area contributed by atoms with Crippen molar-refractivity contribution in [3.8, 4) is 0 Å². The van der Waals surface area contributed by atoms with Gasteiger partial charge in [-0.1, -0.05) is 0 Å². The molecule has 0 fully saturated rings. The van der Waals surface area contributed by atoms with Crippen molar-refractivity contribution >= 4 is 0 Å². The third-order valence-electron chi connectivity index (χ3n) is 2.34. The predicted molar refractivity (Wildman–Crippen MR) is 53.9 cm³/mol. The molecule has 92 valence electrons. The molecule has 1 unspecified atom stereocenters. The zero-order valence-electron chi connectivity index (χ0n) is 9.21. The summed E-state index contributed by atoms with van der Waals surface area (Å²) >= 11 is 0. The predicted octanol–water partition coefficient (Wildman–Crippen LogP) is 2.30. The van der Waals surface area contributed by atoms with Crippen LogP contribution in [0.4, 0.5) is 13.2 Å². The maximum absolute atomic E-state index is 11.8. The van der Waals surface area contributed by atoms with Crippen LogP contribution in [0.2, 0.25) is 0 Å². The maximum atomic E-state index is 11.8. The van der Waals surface area contributed by atoms with Crippen molar-refractivity contribution in [3.63, 3.8) is 0 Å². The van der Waals surface area contributed by atoms with Gasteiger partial charge in [0, 0.05) is 24.5 Å². The summed E-state index contributed by atoms with van der Waals surface area (Å²) in [6, 6.07) is 3.77. The van der Waals surface area contributed by atoms with Crippen molar-refractivity contribution < 1.29 is 17.9 Å². The molecule has 0 saturated heterocycles. The molecule has 0 bridgehead atoms. The van der Waals surface area contributed by atoms with Gasteiger partial charge in [0.25, 0.3) is 0 Å². The second kappa shape index (κ2) is 5.36. The lowest BCUT2D eigenvalue weighted by Crippen LogP contribution is -2.20. The van der Waals surface area contributed by atoms with Crippen molar-refractivity contribution in [2.45, 2.75) is 25.9 Å². The van der Waals surface area contributed by atoms with Crippen LogP contribution in [-0.4, -0.2) is 24.6 Å². The van der Waals surface area contributed by atoms with Crippen LogP contribution in [0.3, 0.4) is 0 Å². The molecule has 0 amide bonds. The smallest absolute Gasteiger partial charge is 0.348 e. The zero-order chi connectivity index (χ0) is 12.2. The fraction of sp³-hybridized carbons (Fsp3) is 0.600. The quantitative estimate of drug-likeness (QED) is 0.849. The number of nitrogens with one attached hydrogen (secondary N) is 1. The van der Waals surface area contributed by atoms with Crippen LogP contribution in [0.25, 0.3) is 0 Å². The fourth-order valence-corrected chi connectivity index (χ4v) is 1.43. The van der Waals surface area contributed by atoms with E-state index in [-0.39, 0.29) is 19.2 Å². The SMILES string of the molecule is CNC(C)c1cccn1CCOC(F)(F)F. The number of halogens is 3. The van der Waals surface area contributed by atoms with Crippen LogP contribution < -0.4 is 5.32 Å². The number of hydrogen-bond acceptors (Lipinski definition) is 2. The van der Waals surface area contributed by atoms with Crippen LogP contribution >= 0.6 is 0 Å². The van der Waals surface area contributed by atoms with E-state index in [1.54, 1.807) is 23.9 Å². The Kier molecular flexibility index (Phi) is 4.37. The van der Waals surface area contributed by atoms with E-state index in [1.807, 2.05) is 13.0 Å². The second-order valence-corrected chi connectivity index (χ2v) is 3.43. The summed E-state index contributed by atoms with van der Waals surface area (Å²) in [4.78, 5) is 0. The molecule has 1 aromatic rings. The third-order valence-corrected chi connectivity index (χ3v) is 2.34. The topological polar surface area (TPSA) is 26.2 Å². The summed E-state index contributed by atoms with van der Waals surface area (Å²) < 4.78 is 40.8. The minimum atomic E-state index is -4.55. The molecule has 0 radical (unpaired) electrons. The summed E-state index contributed by atoms with van der Waals surface area (Å²) in [6.45, 7) is 1.76. The molecular formula is C10H15F3N2O. The van der Waals surface area contributed by atoms with Crippen molar-refractivity contribution in [3.05, 3.63) is 24.0 Å². The average Bonchev–Trinajstić information content (AvgIpc) is 2.63. The number of ether oxygens (including phenoxy) is 1. The molecule has 6 heteroatoms. The van der Waals surface area contributed by atoms with Crippen LogP contribution in [0.1, 0.15) is 18.7 Å². The Morgan fingerprint density at radius 3 is 2.75 bits per heavy atom. The van der Waals surface area contributed by atoms with Gasteiger partial charge < -0.3 is 9.88 Å². The first-order chi connectivity index (χ1) is 7.44. The van der Waals surface area contributed by atoms with Crippen LogP contribution in [0, 0.1) is 0 Å². The number of hydrogen-bond donors (Lipinski definition) is 1. The number of nitrogens with zero attached hydrogens (tertiary/aromatic N) is 1.